The third kappa shape index (κ3) is 6.71. The second-order valence-corrected chi connectivity index (χ2v) is 11.2. The first-order valence-electron chi connectivity index (χ1n) is 12.4. The highest BCUT2D eigenvalue weighted by Crippen LogP contribution is 2.25. The standard InChI is InChI=1S/C30H29FN4O4S/c1-34(2)40(38,39)35(28-15-9-7-13-26(28)31)21-23-16-18-24(19-17-23)29(36)33-27-14-8-6-12-25(27)30(37)32-20-22-10-4-3-5-11-22/h3-19H,20-21H2,1-2H3,(H,32,37)(H,33,36). The number of hydrogen-bond acceptors (Lipinski definition) is 4. The summed E-state index contributed by atoms with van der Waals surface area (Å²) in [5.41, 5.74) is 2.38. The van der Waals surface area contributed by atoms with E-state index in [4.69, 9.17) is 0 Å². The molecule has 0 heterocycles. The fourth-order valence-corrected chi connectivity index (χ4v) is 5.03. The van der Waals surface area contributed by atoms with E-state index >= 15 is 0 Å². The highest BCUT2D eigenvalue weighted by atomic mass is 32.2. The van der Waals surface area contributed by atoms with Gasteiger partial charge in [-0.1, -0.05) is 66.7 Å². The third-order valence-electron chi connectivity index (χ3n) is 6.12. The van der Waals surface area contributed by atoms with Gasteiger partial charge in [0.15, 0.2) is 0 Å². The van der Waals surface area contributed by atoms with Crippen molar-refractivity contribution in [2.24, 2.45) is 0 Å². The van der Waals surface area contributed by atoms with E-state index in [2.05, 4.69) is 10.6 Å². The molecular formula is C30H29FN4O4S. The largest absolute Gasteiger partial charge is 0.348 e. The highest BCUT2D eigenvalue weighted by molar-refractivity contribution is 7.90. The van der Waals surface area contributed by atoms with Crippen LogP contribution >= 0.6 is 0 Å². The molecule has 0 radical (unpaired) electrons. The van der Waals surface area contributed by atoms with Gasteiger partial charge in [-0.3, -0.25) is 13.9 Å². The van der Waals surface area contributed by atoms with Gasteiger partial charge in [-0.2, -0.15) is 12.7 Å². The van der Waals surface area contributed by atoms with Crippen LogP contribution in [-0.2, 0) is 23.3 Å². The fourth-order valence-electron chi connectivity index (χ4n) is 3.93. The Balaban J connectivity index is 1.48. The van der Waals surface area contributed by atoms with Crippen molar-refractivity contribution < 1.29 is 22.4 Å². The summed E-state index contributed by atoms with van der Waals surface area (Å²) in [4.78, 5) is 25.8. The summed E-state index contributed by atoms with van der Waals surface area (Å²) in [7, 11) is -1.26. The zero-order chi connectivity index (χ0) is 28.7. The van der Waals surface area contributed by atoms with Crippen molar-refractivity contribution in [1.82, 2.24) is 9.62 Å². The van der Waals surface area contributed by atoms with Gasteiger partial charge in [-0.25, -0.2) is 4.39 Å². The SMILES string of the molecule is CN(C)S(=O)(=O)N(Cc1ccc(C(=O)Nc2ccccc2C(=O)NCc2ccccc2)cc1)c1ccccc1F. The van der Waals surface area contributed by atoms with Gasteiger partial charge in [0, 0.05) is 26.2 Å². The van der Waals surface area contributed by atoms with Gasteiger partial charge in [-0.15, -0.1) is 0 Å². The van der Waals surface area contributed by atoms with Crippen molar-refractivity contribution in [2.75, 3.05) is 23.7 Å². The number of halogens is 1. The van der Waals surface area contributed by atoms with Gasteiger partial charge in [0.05, 0.1) is 23.5 Å². The Bertz CT molecular complexity index is 1590. The molecule has 0 spiro atoms. The van der Waals surface area contributed by atoms with E-state index in [0.717, 1.165) is 14.2 Å². The maximum atomic E-state index is 14.5. The molecule has 0 aliphatic carbocycles. The van der Waals surface area contributed by atoms with Crippen LogP contribution in [0.4, 0.5) is 15.8 Å². The van der Waals surface area contributed by atoms with Crippen LogP contribution in [0, 0.1) is 5.82 Å². The summed E-state index contributed by atoms with van der Waals surface area (Å²) in [6, 6.07) is 28.1. The summed E-state index contributed by atoms with van der Waals surface area (Å²) < 4.78 is 42.5. The van der Waals surface area contributed by atoms with Crippen molar-refractivity contribution >= 4 is 33.4 Å². The normalized spacial score (nSPS) is 11.2. The topological polar surface area (TPSA) is 98.8 Å². The number of carbonyl (C=O) groups is 2. The molecule has 4 rings (SSSR count). The number of rotatable bonds is 10. The number of nitrogens with one attached hydrogen (secondary N) is 2. The van der Waals surface area contributed by atoms with Crippen molar-refractivity contribution in [3.05, 3.63) is 131 Å². The van der Waals surface area contributed by atoms with Crippen LogP contribution in [0.1, 0.15) is 31.8 Å². The van der Waals surface area contributed by atoms with E-state index in [1.165, 1.54) is 32.3 Å². The number of hydrogen-bond donors (Lipinski definition) is 2. The van der Waals surface area contributed by atoms with Crippen molar-refractivity contribution in [1.29, 1.82) is 0 Å². The summed E-state index contributed by atoms with van der Waals surface area (Å²) in [6.45, 7) is 0.199. The lowest BCUT2D eigenvalue weighted by Gasteiger charge is -2.27. The Morgan fingerprint density at radius 1 is 0.750 bits per heavy atom. The first-order chi connectivity index (χ1) is 19.2. The zero-order valence-electron chi connectivity index (χ0n) is 22.0. The average molecular weight is 561 g/mol. The van der Waals surface area contributed by atoms with Crippen LogP contribution in [0.25, 0.3) is 0 Å². The molecule has 0 fully saturated rings. The van der Waals surface area contributed by atoms with Gasteiger partial charge in [-0.05, 0) is 47.5 Å². The maximum absolute atomic E-state index is 14.5. The third-order valence-corrected chi connectivity index (χ3v) is 7.92. The predicted octanol–water partition coefficient (Wildman–Crippen LogP) is 4.82. The number of nitrogens with zero attached hydrogens (tertiary/aromatic N) is 2. The van der Waals surface area contributed by atoms with E-state index in [0.29, 0.717) is 28.9 Å². The lowest BCUT2D eigenvalue weighted by molar-refractivity contribution is 0.0951. The van der Waals surface area contributed by atoms with E-state index in [-0.39, 0.29) is 18.1 Å². The second-order valence-electron chi connectivity index (χ2n) is 9.11. The minimum Gasteiger partial charge on any atom is -0.348 e. The molecular weight excluding hydrogens is 531 g/mol. The predicted molar refractivity (Wildman–Crippen MR) is 154 cm³/mol. The average Bonchev–Trinajstić information content (AvgIpc) is 2.96. The Morgan fingerprint density at radius 2 is 1.38 bits per heavy atom. The Hall–Kier alpha value is -4.54. The van der Waals surface area contributed by atoms with Gasteiger partial charge < -0.3 is 10.6 Å². The molecule has 4 aromatic carbocycles. The molecule has 0 aliphatic heterocycles. The minimum absolute atomic E-state index is 0.0832. The van der Waals surface area contributed by atoms with E-state index in [1.807, 2.05) is 30.3 Å². The van der Waals surface area contributed by atoms with Crippen LogP contribution in [0.5, 0.6) is 0 Å². The summed E-state index contributed by atoms with van der Waals surface area (Å²) in [5.74, 6) is -1.44. The summed E-state index contributed by atoms with van der Waals surface area (Å²) in [5, 5.41) is 5.63. The quantitative estimate of drug-likeness (QED) is 0.291. The first-order valence-corrected chi connectivity index (χ1v) is 13.8. The number of benzene rings is 4. The molecule has 10 heteroatoms. The van der Waals surface area contributed by atoms with Crippen molar-refractivity contribution in [2.45, 2.75) is 13.1 Å². The molecule has 0 bridgehead atoms. The lowest BCUT2D eigenvalue weighted by atomic mass is 10.1. The van der Waals surface area contributed by atoms with Gasteiger partial charge in [0.2, 0.25) is 0 Å². The highest BCUT2D eigenvalue weighted by Gasteiger charge is 2.27. The van der Waals surface area contributed by atoms with E-state index in [9.17, 15) is 22.4 Å². The molecule has 2 N–H and O–H groups in total. The van der Waals surface area contributed by atoms with Gasteiger partial charge in [0.1, 0.15) is 5.82 Å². The first kappa shape index (κ1) is 28.5. The Morgan fingerprint density at radius 3 is 2.05 bits per heavy atom. The fraction of sp³-hybridized carbons (Fsp3) is 0.133. The minimum atomic E-state index is -4.01. The van der Waals surface area contributed by atoms with Crippen molar-refractivity contribution in [3.63, 3.8) is 0 Å². The molecule has 4 aromatic rings. The van der Waals surface area contributed by atoms with Crippen LogP contribution in [0.2, 0.25) is 0 Å². The lowest BCUT2D eigenvalue weighted by Crippen LogP contribution is -2.40. The molecule has 40 heavy (non-hydrogen) atoms. The second kappa shape index (κ2) is 12.5. The van der Waals surface area contributed by atoms with Gasteiger partial charge >= 0.3 is 10.2 Å². The summed E-state index contributed by atoms with van der Waals surface area (Å²) >= 11 is 0. The Labute approximate surface area is 233 Å². The number of carbonyl (C=O) groups excluding carboxylic acids is 2. The zero-order valence-corrected chi connectivity index (χ0v) is 22.9. The molecule has 206 valence electrons. The molecule has 0 aliphatic rings. The molecule has 8 nitrogen and oxygen atoms in total. The molecule has 0 saturated carbocycles. The van der Waals surface area contributed by atoms with Gasteiger partial charge in [0.25, 0.3) is 11.8 Å². The molecule has 0 saturated heterocycles. The van der Waals surface area contributed by atoms with Crippen LogP contribution < -0.4 is 14.9 Å². The molecule has 0 atom stereocenters. The molecule has 0 aromatic heterocycles. The van der Waals surface area contributed by atoms with Crippen LogP contribution in [0.3, 0.4) is 0 Å². The smallest absolute Gasteiger partial charge is 0.303 e. The number of para-hydroxylation sites is 2. The monoisotopic (exact) mass is 560 g/mol. The molecule has 2 amide bonds. The Kier molecular flexibility index (Phi) is 8.93. The van der Waals surface area contributed by atoms with E-state index < -0.39 is 21.9 Å². The van der Waals surface area contributed by atoms with Crippen molar-refractivity contribution in [3.8, 4) is 0 Å². The maximum Gasteiger partial charge on any atom is 0.303 e. The molecule has 0 unspecified atom stereocenters. The number of anilines is 2. The van der Waals surface area contributed by atoms with Crippen LogP contribution in [-0.4, -0.2) is 38.6 Å². The van der Waals surface area contributed by atoms with E-state index in [1.54, 1.807) is 54.6 Å². The van der Waals surface area contributed by atoms with Crippen LogP contribution in [0.15, 0.2) is 103 Å². The number of amides is 2. The summed E-state index contributed by atoms with van der Waals surface area (Å²) in [6.07, 6.45) is 0.